The van der Waals surface area contributed by atoms with E-state index in [1.807, 2.05) is 44.4 Å². The van der Waals surface area contributed by atoms with Gasteiger partial charge in [0.25, 0.3) is 0 Å². The van der Waals surface area contributed by atoms with Gasteiger partial charge < -0.3 is 15.0 Å². The zero-order chi connectivity index (χ0) is 26.2. The Labute approximate surface area is 215 Å². The van der Waals surface area contributed by atoms with Crippen molar-refractivity contribution in [1.29, 1.82) is 0 Å². The van der Waals surface area contributed by atoms with Crippen LogP contribution >= 0.6 is 0 Å². The van der Waals surface area contributed by atoms with Crippen LogP contribution in [-0.2, 0) is 4.74 Å². The molecule has 2 aliphatic rings. The van der Waals surface area contributed by atoms with Crippen LogP contribution in [0.25, 0.3) is 22.6 Å². The number of rotatable bonds is 4. The number of nitrogens with zero attached hydrogens (tertiary/aromatic N) is 5. The van der Waals surface area contributed by atoms with Crippen LogP contribution in [0.2, 0.25) is 0 Å². The Hall–Kier alpha value is -3.79. The number of carbonyl (C=O) groups excluding carboxylic acids is 1. The first-order valence-corrected chi connectivity index (χ1v) is 12.5. The molecule has 4 heterocycles. The van der Waals surface area contributed by atoms with Gasteiger partial charge in [-0.1, -0.05) is 0 Å². The topological polar surface area (TPSA) is 96.2 Å². The molecule has 1 amide bonds. The minimum absolute atomic E-state index is 0.163. The number of piperidine rings is 1. The number of carbonyl (C=O) groups is 1. The van der Waals surface area contributed by atoms with E-state index in [2.05, 4.69) is 15.6 Å². The Kier molecular flexibility index (Phi) is 6.45. The number of amides is 1. The lowest BCUT2D eigenvalue weighted by molar-refractivity contribution is 0.0190. The molecule has 2 N–H and O–H groups in total. The fourth-order valence-electron chi connectivity index (χ4n) is 4.71. The Balaban J connectivity index is 1.34. The molecule has 0 radical (unpaired) electrons. The Morgan fingerprint density at radius 2 is 1.95 bits per heavy atom. The minimum Gasteiger partial charge on any atom is -0.444 e. The van der Waals surface area contributed by atoms with E-state index in [1.54, 1.807) is 35.6 Å². The van der Waals surface area contributed by atoms with Crippen molar-refractivity contribution in [3.05, 3.63) is 60.4 Å². The van der Waals surface area contributed by atoms with Crippen molar-refractivity contribution in [2.75, 3.05) is 13.1 Å². The standard InChI is InChI=1S/C27H32FN7O2/c1-26(2,3)37-25(36)34-14-10-20(11-15-34)32-27(4)30-12-9-21(33-27)24-23(18-5-7-19(28)8-6-18)31-22-17-29-13-16-35(22)24/h5-9,12-13,16-17,20,32-33H,10-11,14-15H2,1-4H3. The molecule has 10 heteroatoms. The number of aliphatic imine (C=N–C) groups is 1. The predicted octanol–water partition coefficient (Wildman–Crippen LogP) is 4.21. The highest BCUT2D eigenvalue weighted by molar-refractivity contribution is 5.90. The molecule has 3 aromatic rings. The molecule has 1 atom stereocenters. The van der Waals surface area contributed by atoms with Crippen LogP contribution in [0.4, 0.5) is 9.18 Å². The number of allylic oxidation sites excluding steroid dienone is 1. The van der Waals surface area contributed by atoms with Gasteiger partial charge >= 0.3 is 6.09 Å². The molecule has 9 nitrogen and oxygen atoms in total. The summed E-state index contributed by atoms with van der Waals surface area (Å²) in [6, 6.07) is 6.47. The lowest BCUT2D eigenvalue weighted by Crippen LogP contribution is -2.59. The lowest BCUT2D eigenvalue weighted by atomic mass is 10.0. The van der Waals surface area contributed by atoms with Gasteiger partial charge in [0.05, 0.1) is 23.3 Å². The van der Waals surface area contributed by atoms with Crippen molar-refractivity contribution in [2.45, 2.75) is 58.0 Å². The minimum atomic E-state index is -0.764. The van der Waals surface area contributed by atoms with Gasteiger partial charge in [0.15, 0.2) is 11.4 Å². The van der Waals surface area contributed by atoms with E-state index in [0.717, 1.165) is 35.5 Å². The zero-order valence-corrected chi connectivity index (χ0v) is 21.5. The van der Waals surface area contributed by atoms with Crippen molar-refractivity contribution < 1.29 is 13.9 Å². The molecular weight excluding hydrogens is 473 g/mol. The largest absolute Gasteiger partial charge is 0.444 e. The molecule has 0 aliphatic carbocycles. The van der Waals surface area contributed by atoms with Crippen molar-refractivity contribution in [3.8, 4) is 11.3 Å². The van der Waals surface area contributed by atoms with E-state index in [-0.39, 0.29) is 18.0 Å². The van der Waals surface area contributed by atoms with Gasteiger partial charge in [-0.3, -0.25) is 19.7 Å². The molecule has 0 saturated carbocycles. The van der Waals surface area contributed by atoms with Crippen molar-refractivity contribution in [1.82, 2.24) is 29.9 Å². The van der Waals surface area contributed by atoms with Gasteiger partial charge in [-0.05, 0) is 70.9 Å². The number of fused-ring (bicyclic) bond motifs is 1. The smallest absolute Gasteiger partial charge is 0.410 e. The van der Waals surface area contributed by atoms with Crippen LogP contribution in [0.15, 0.2) is 53.9 Å². The van der Waals surface area contributed by atoms with Crippen LogP contribution < -0.4 is 10.6 Å². The maximum atomic E-state index is 13.6. The summed E-state index contributed by atoms with van der Waals surface area (Å²) in [5.41, 5.74) is 3.36. The third kappa shape index (κ3) is 5.48. The summed E-state index contributed by atoms with van der Waals surface area (Å²) in [5.74, 6) is -1.06. The second-order valence-corrected chi connectivity index (χ2v) is 10.6. The third-order valence-corrected chi connectivity index (χ3v) is 6.39. The number of halogens is 1. The number of ether oxygens (including phenoxy) is 1. The van der Waals surface area contributed by atoms with E-state index >= 15 is 0 Å². The van der Waals surface area contributed by atoms with Gasteiger partial charge in [0.2, 0.25) is 0 Å². The van der Waals surface area contributed by atoms with Gasteiger partial charge in [-0.15, -0.1) is 0 Å². The first kappa shape index (κ1) is 24.9. The van der Waals surface area contributed by atoms with Crippen LogP contribution in [0.3, 0.4) is 0 Å². The summed E-state index contributed by atoms with van der Waals surface area (Å²) in [6.07, 6.45) is 10.3. The second-order valence-electron chi connectivity index (χ2n) is 10.6. The summed E-state index contributed by atoms with van der Waals surface area (Å²) >= 11 is 0. The molecule has 1 aromatic carbocycles. The highest BCUT2D eigenvalue weighted by atomic mass is 19.1. The van der Waals surface area contributed by atoms with Gasteiger partial charge in [-0.2, -0.15) is 0 Å². The number of likely N-dealkylation sites (tertiary alicyclic amines) is 1. The summed E-state index contributed by atoms with van der Waals surface area (Å²) in [6.45, 7) is 8.84. The monoisotopic (exact) mass is 505 g/mol. The number of aromatic nitrogens is 3. The Morgan fingerprint density at radius 1 is 1.22 bits per heavy atom. The molecule has 1 unspecified atom stereocenters. The van der Waals surface area contributed by atoms with Gasteiger partial charge in [-0.25, -0.2) is 14.2 Å². The molecule has 1 fully saturated rings. The van der Waals surface area contributed by atoms with Crippen molar-refractivity contribution >= 4 is 23.7 Å². The van der Waals surface area contributed by atoms with E-state index in [1.165, 1.54) is 12.1 Å². The SMILES string of the molecule is CC1(NC2CCN(C(=O)OC(C)(C)C)CC2)N=CC=C(c2c(-c3ccc(F)cc3)nc3cnccn23)N1. The molecule has 2 aliphatic heterocycles. The number of imidazole rings is 1. The average molecular weight is 506 g/mol. The van der Waals surface area contributed by atoms with Gasteiger partial charge in [0.1, 0.15) is 11.4 Å². The average Bonchev–Trinajstić information content (AvgIpc) is 3.23. The van der Waals surface area contributed by atoms with Gasteiger partial charge in [0, 0.05) is 43.3 Å². The maximum Gasteiger partial charge on any atom is 0.410 e. The molecular formula is C27H32FN7O2. The summed E-state index contributed by atoms with van der Waals surface area (Å²) in [4.78, 5) is 27.9. The van der Waals surface area contributed by atoms with E-state index < -0.39 is 11.4 Å². The molecule has 37 heavy (non-hydrogen) atoms. The number of hydrogen-bond donors (Lipinski definition) is 2. The zero-order valence-electron chi connectivity index (χ0n) is 21.5. The molecule has 2 aromatic heterocycles. The number of nitrogens with one attached hydrogen (secondary N) is 2. The molecule has 0 spiro atoms. The molecule has 0 bridgehead atoms. The fraction of sp³-hybridized carbons (Fsp3) is 0.407. The molecule has 1 saturated heterocycles. The summed E-state index contributed by atoms with van der Waals surface area (Å²) in [5, 5.41) is 7.18. The molecule has 194 valence electrons. The fourth-order valence-corrected chi connectivity index (χ4v) is 4.71. The third-order valence-electron chi connectivity index (χ3n) is 6.39. The first-order valence-electron chi connectivity index (χ1n) is 12.5. The molecule has 5 rings (SSSR count). The predicted molar refractivity (Wildman–Crippen MR) is 140 cm³/mol. The first-order chi connectivity index (χ1) is 17.6. The normalized spacial score (nSPS) is 20.6. The Bertz CT molecular complexity index is 1350. The van der Waals surface area contributed by atoms with E-state index in [0.29, 0.717) is 18.7 Å². The van der Waals surface area contributed by atoms with Crippen molar-refractivity contribution in [2.24, 2.45) is 4.99 Å². The second kappa shape index (κ2) is 9.59. The number of benzene rings is 1. The van der Waals surface area contributed by atoms with Crippen molar-refractivity contribution in [3.63, 3.8) is 0 Å². The lowest BCUT2D eigenvalue weighted by Gasteiger charge is -2.39. The van der Waals surface area contributed by atoms with Crippen LogP contribution in [-0.4, -0.2) is 62.1 Å². The van der Waals surface area contributed by atoms with Crippen LogP contribution in [0.1, 0.15) is 46.2 Å². The summed E-state index contributed by atoms with van der Waals surface area (Å²) in [7, 11) is 0. The quantitative estimate of drug-likeness (QED) is 0.552. The van der Waals surface area contributed by atoms with E-state index in [4.69, 9.17) is 14.7 Å². The van der Waals surface area contributed by atoms with E-state index in [9.17, 15) is 9.18 Å². The highest BCUT2D eigenvalue weighted by Gasteiger charge is 2.33. The van der Waals surface area contributed by atoms with Crippen LogP contribution in [0.5, 0.6) is 0 Å². The summed E-state index contributed by atoms with van der Waals surface area (Å²) < 4.78 is 21.1. The van der Waals surface area contributed by atoms with Crippen LogP contribution in [0, 0.1) is 5.82 Å². The maximum absolute atomic E-state index is 13.6. The Morgan fingerprint density at radius 3 is 2.65 bits per heavy atom. The number of hydrogen-bond acceptors (Lipinski definition) is 7. The highest BCUT2D eigenvalue weighted by Crippen LogP contribution is 2.31.